The Bertz CT molecular complexity index is 342. The Morgan fingerprint density at radius 2 is 1.79 bits per heavy atom. The van der Waals surface area contributed by atoms with Crippen LogP contribution in [-0.4, -0.2) is 34.5 Å². The number of hydrogen-bond donors (Lipinski definition) is 1. The van der Waals surface area contributed by atoms with E-state index in [0.717, 1.165) is 38.6 Å². The molecule has 0 radical (unpaired) electrons. The summed E-state index contributed by atoms with van der Waals surface area (Å²) in [6, 6.07) is 0.324. The first-order chi connectivity index (χ1) is 9.15. The second kappa shape index (κ2) is 6.40. The van der Waals surface area contributed by atoms with Crippen molar-refractivity contribution in [3.05, 3.63) is 0 Å². The number of likely N-dealkylation sites (tertiary alicyclic amines) is 1. The molecule has 1 aliphatic heterocycles. The van der Waals surface area contributed by atoms with Gasteiger partial charge in [-0.3, -0.25) is 9.59 Å². The van der Waals surface area contributed by atoms with Gasteiger partial charge in [0.1, 0.15) is 0 Å². The van der Waals surface area contributed by atoms with Gasteiger partial charge in [0.15, 0.2) is 0 Å². The molecule has 2 rings (SSSR count). The summed E-state index contributed by atoms with van der Waals surface area (Å²) >= 11 is 0. The molecule has 0 aromatic carbocycles. The smallest absolute Gasteiger partial charge is 0.307 e. The van der Waals surface area contributed by atoms with E-state index in [-0.39, 0.29) is 11.8 Å². The molecule has 1 unspecified atom stereocenters. The van der Waals surface area contributed by atoms with E-state index in [1.165, 1.54) is 12.8 Å². The minimum Gasteiger partial charge on any atom is -0.481 e. The van der Waals surface area contributed by atoms with Gasteiger partial charge in [-0.15, -0.1) is 0 Å². The van der Waals surface area contributed by atoms with Crippen molar-refractivity contribution in [3.63, 3.8) is 0 Å². The van der Waals surface area contributed by atoms with Crippen LogP contribution in [-0.2, 0) is 9.59 Å². The molecule has 0 spiro atoms. The van der Waals surface area contributed by atoms with E-state index in [2.05, 4.69) is 6.92 Å². The summed E-state index contributed by atoms with van der Waals surface area (Å²) in [5.41, 5.74) is 0. The normalized spacial score (nSPS) is 32.1. The number of carboxylic acids is 1. The SMILES string of the molecule is CCC1CCCCCN1C(=O)[C@@H]1CCC[C@@H]1C(=O)O. The van der Waals surface area contributed by atoms with Gasteiger partial charge >= 0.3 is 5.97 Å². The van der Waals surface area contributed by atoms with Crippen LogP contribution >= 0.6 is 0 Å². The number of aliphatic carboxylic acids is 1. The van der Waals surface area contributed by atoms with E-state index < -0.39 is 11.9 Å². The summed E-state index contributed by atoms with van der Waals surface area (Å²) in [5.74, 6) is -1.41. The average Bonchev–Trinajstić information content (AvgIpc) is 2.76. The molecule has 1 aliphatic carbocycles. The maximum Gasteiger partial charge on any atom is 0.307 e. The molecule has 4 nitrogen and oxygen atoms in total. The first-order valence-electron chi connectivity index (χ1n) is 7.68. The Balaban J connectivity index is 2.09. The quantitative estimate of drug-likeness (QED) is 0.855. The number of amides is 1. The standard InChI is InChI=1S/C15H25NO3/c1-2-11-7-4-3-5-10-16(11)14(17)12-8-6-9-13(12)15(18)19/h11-13H,2-10H2,1H3,(H,18,19)/t11?,12-,13+/m1/s1. The molecule has 2 fully saturated rings. The van der Waals surface area contributed by atoms with Gasteiger partial charge in [-0.05, 0) is 32.1 Å². The van der Waals surface area contributed by atoms with Crippen molar-refractivity contribution in [2.45, 2.75) is 64.3 Å². The van der Waals surface area contributed by atoms with Crippen LogP contribution in [0.25, 0.3) is 0 Å². The van der Waals surface area contributed by atoms with Crippen LogP contribution in [0.1, 0.15) is 58.3 Å². The van der Waals surface area contributed by atoms with E-state index in [1.54, 1.807) is 0 Å². The fraction of sp³-hybridized carbons (Fsp3) is 0.867. The van der Waals surface area contributed by atoms with Gasteiger partial charge in [0.05, 0.1) is 11.8 Å². The minimum atomic E-state index is -0.793. The minimum absolute atomic E-state index is 0.110. The molecule has 0 bridgehead atoms. The van der Waals surface area contributed by atoms with Crippen LogP contribution in [0.5, 0.6) is 0 Å². The third-order valence-electron chi connectivity index (χ3n) is 4.78. The molecule has 1 amide bonds. The molecule has 4 heteroatoms. The van der Waals surface area contributed by atoms with Gasteiger partial charge in [-0.25, -0.2) is 0 Å². The summed E-state index contributed by atoms with van der Waals surface area (Å²) in [6.45, 7) is 2.94. The zero-order valence-electron chi connectivity index (χ0n) is 11.8. The molecule has 0 aromatic heterocycles. The molecule has 2 aliphatic rings. The van der Waals surface area contributed by atoms with Crippen LogP contribution in [0.3, 0.4) is 0 Å². The van der Waals surface area contributed by atoms with Crippen LogP contribution < -0.4 is 0 Å². The highest BCUT2D eigenvalue weighted by Gasteiger charge is 2.41. The predicted octanol–water partition coefficient (Wildman–Crippen LogP) is 2.67. The Morgan fingerprint density at radius 1 is 1.05 bits per heavy atom. The monoisotopic (exact) mass is 267 g/mol. The Morgan fingerprint density at radius 3 is 2.47 bits per heavy atom. The Labute approximate surface area is 115 Å². The molecular formula is C15H25NO3. The van der Waals surface area contributed by atoms with Crippen molar-refractivity contribution in [1.29, 1.82) is 0 Å². The lowest BCUT2D eigenvalue weighted by Crippen LogP contribution is -2.44. The largest absolute Gasteiger partial charge is 0.481 e. The van der Waals surface area contributed by atoms with Crippen LogP contribution in [0.2, 0.25) is 0 Å². The molecule has 108 valence electrons. The van der Waals surface area contributed by atoms with Crippen LogP contribution in [0, 0.1) is 11.8 Å². The van der Waals surface area contributed by atoms with Gasteiger partial charge in [-0.1, -0.05) is 26.2 Å². The number of hydrogen-bond acceptors (Lipinski definition) is 2. The molecule has 0 aromatic rings. The molecule has 1 saturated heterocycles. The van der Waals surface area contributed by atoms with E-state index in [4.69, 9.17) is 0 Å². The molecule has 1 heterocycles. The van der Waals surface area contributed by atoms with Crippen molar-refractivity contribution in [2.24, 2.45) is 11.8 Å². The third-order valence-corrected chi connectivity index (χ3v) is 4.78. The van der Waals surface area contributed by atoms with Gasteiger partial charge in [-0.2, -0.15) is 0 Å². The number of carboxylic acid groups (broad SMARTS) is 1. The van der Waals surface area contributed by atoms with E-state index in [1.807, 2.05) is 4.90 Å². The molecule has 1 saturated carbocycles. The molecule has 3 atom stereocenters. The second-order valence-electron chi connectivity index (χ2n) is 5.93. The van der Waals surface area contributed by atoms with Crippen molar-refractivity contribution in [2.75, 3.05) is 6.54 Å². The number of carbonyl (C=O) groups excluding carboxylic acids is 1. The summed E-state index contributed by atoms with van der Waals surface area (Å²) < 4.78 is 0. The summed E-state index contributed by atoms with van der Waals surface area (Å²) in [6.07, 6.45) is 7.79. The lowest BCUT2D eigenvalue weighted by atomic mass is 9.93. The second-order valence-corrected chi connectivity index (χ2v) is 5.93. The van der Waals surface area contributed by atoms with Gasteiger partial charge in [0.2, 0.25) is 5.91 Å². The fourth-order valence-corrected chi connectivity index (χ4v) is 3.66. The highest BCUT2D eigenvalue weighted by molar-refractivity contribution is 5.85. The first-order valence-corrected chi connectivity index (χ1v) is 7.68. The van der Waals surface area contributed by atoms with Gasteiger partial charge in [0.25, 0.3) is 0 Å². The van der Waals surface area contributed by atoms with Gasteiger partial charge < -0.3 is 10.0 Å². The highest BCUT2D eigenvalue weighted by atomic mass is 16.4. The van der Waals surface area contributed by atoms with E-state index >= 15 is 0 Å². The zero-order chi connectivity index (χ0) is 13.8. The highest BCUT2D eigenvalue weighted by Crippen LogP contribution is 2.35. The Hall–Kier alpha value is -1.06. The van der Waals surface area contributed by atoms with E-state index in [0.29, 0.717) is 12.5 Å². The predicted molar refractivity (Wildman–Crippen MR) is 72.7 cm³/mol. The van der Waals surface area contributed by atoms with E-state index in [9.17, 15) is 14.7 Å². The summed E-state index contributed by atoms with van der Waals surface area (Å²) in [7, 11) is 0. The number of rotatable bonds is 3. The topological polar surface area (TPSA) is 57.6 Å². The molecule has 19 heavy (non-hydrogen) atoms. The lowest BCUT2D eigenvalue weighted by Gasteiger charge is -2.32. The first kappa shape index (κ1) is 14.4. The Kier molecular flexibility index (Phi) is 4.83. The maximum absolute atomic E-state index is 12.7. The van der Waals surface area contributed by atoms with Crippen molar-refractivity contribution in [3.8, 4) is 0 Å². The van der Waals surface area contributed by atoms with Crippen molar-refractivity contribution < 1.29 is 14.7 Å². The molecule has 1 N–H and O–H groups in total. The third kappa shape index (κ3) is 3.10. The van der Waals surface area contributed by atoms with Crippen molar-refractivity contribution in [1.82, 2.24) is 4.90 Å². The number of nitrogens with zero attached hydrogens (tertiary/aromatic N) is 1. The zero-order valence-corrected chi connectivity index (χ0v) is 11.8. The lowest BCUT2D eigenvalue weighted by molar-refractivity contribution is -0.150. The van der Waals surface area contributed by atoms with Gasteiger partial charge in [0, 0.05) is 12.6 Å². The molecular weight excluding hydrogens is 242 g/mol. The van der Waals surface area contributed by atoms with Crippen molar-refractivity contribution >= 4 is 11.9 Å². The summed E-state index contributed by atoms with van der Waals surface area (Å²) in [4.78, 5) is 25.9. The van der Waals surface area contributed by atoms with Crippen LogP contribution in [0.15, 0.2) is 0 Å². The summed E-state index contributed by atoms with van der Waals surface area (Å²) in [5, 5.41) is 9.24. The maximum atomic E-state index is 12.7. The number of carbonyl (C=O) groups is 2. The van der Waals surface area contributed by atoms with Crippen LogP contribution in [0.4, 0.5) is 0 Å². The average molecular weight is 267 g/mol. The fourth-order valence-electron chi connectivity index (χ4n) is 3.66.